The lowest BCUT2D eigenvalue weighted by molar-refractivity contribution is 0.178. The number of nitrogens with zero attached hydrogens (tertiary/aromatic N) is 2. The maximum atomic E-state index is 6.40. The molecule has 0 bridgehead atoms. The second kappa shape index (κ2) is 13.0. The Kier molecular flexibility index (Phi) is 9.80. The lowest BCUT2D eigenvalue weighted by Gasteiger charge is -2.33. The fraction of sp³-hybridized carbons (Fsp3) is 0.400. The quantitative estimate of drug-likeness (QED) is 0.259. The predicted molar refractivity (Wildman–Crippen MR) is 152 cm³/mol. The first-order valence-corrected chi connectivity index (χ1v) is 13.8. The molecular formula is C30H35Cl3N2. The molecule has 1 heterocycles. The zero-order valence-electron chi connectivity index (χ0n) is 20.5. The molecule has 1 saturated heterocycles. The summed E-state index contributed by atoms with van der Waals surface area (Å²) in [5.41, 5.74) is 3.93. The summed E-state index contributed by atoms with van der Waals surface area (Å²) in [6.45, 7) is 4.46. The predicted octanol–water partition coefficient (Wildman–Crippen LogP) is 8.60. The Labute approximate surface area is 225 Å². The summed E-state index contributed by atoms with van der Waals surface area (Å²) in [5.74, 6) is 1.23. The molecule has 5 heteroatoms. The number of anilines is 1. The second-order valence-electron chi connectivity index (χ2n) is 9.82. The highest BCUT2D eigenvalue weighted by atomic mass is 35.5. The van der Waals surface area contributed by atoms with Crippen molar-refractivity contribution in [1.29, 1.82) is 0 Å². The van der Waals surface area contributed by atoms with Gasteiger partial charge in [-0.2, -0.15) is 0 Å². The van der Waals surface area contributed by atoms with Gasteiger partial charge in [-0.05, 0) is 111 Å². The highest BCUT2D eigenvalue weighted by Crippen LogP contribution is 2.32. The molecule has 3 aromatic carbocycles. The van der Waals surface area contributed by atoms with Crippen LogP contribution < -0.4 is 4.90 Å². The Morgan fingerprint density at radius 3 is 2.26 bits per heavy atom. The van der Waals surface area contributed by atoms with Gasteiger partial charge in [-0.1, -0.05) is 71.2 Å². The van der Waals surface area contributed by atoms with Crippen LogP contribution in [0.1, 0.15) is 42.7 Å². The maximum absolute atomic E-state index is 6.40. The summed E-state index contributed by atoms with van der Waals surface area (Å²) < 4.78 is 0. The minimum atomic E-state index is 0.432. The molecule has 3 aromatic rings. The topological polar surface area (TPSA) is 6.48 Å². The number of benzene rings is 3. The molecular weight excluding hydrogens is 495 g/mol. The first-order chi connectivity index (χ1) is 17.0. The minimum Gasteiger partial charge on any atom is -0.375 e. The van der Waals surface area contributed by atoms with Crippen molar-refractivity contribution in [2.24, 2.45) is 5.92 Å². The molecule has 1 aliphatic rings. The van der Waals surface area contributed by atoms with Crippen LogP contribution in [-0.2, 0) is 6.42 Å². The molecule has 0 radical (unpaired) electrons. The van der Waals surface area contributed by atoms with Gasteiger partial charge in [0.2, 0.25) is 0 Å². The second-order valence-corrected chi connectivity index (χ2v) is 11.1. The molecule has 1 aliphatic heterocycles. The van der Waals surface area contributed by atoms with Crippen LogP contribution in [0.5, 0.6) is 0 Å². The number of halogens is 3. The molecule has 0 amide bonds. The molecule has 0 spiro atoms. The van der Waals surface area contributed by atoms with E-state index in [1.165, 1.54) is 49.2 Å². The SMILES string of the molecule is CN(CCC(CCN1CCC(Cc2ccccc2)CC1)c1ccc(Cl)c(Cl)c1)c1ccc(Cl)cc1. The first-order valence-electron chi connectivity index (χ1n) is 12.7. The van der Waals surface area contributed by atoms with Crippen LogP contribution in [0.2, 0.25) is 15.1 Å². The smallest absolute Gasteiger partial charge is 0.0595 e. The minimum absolute atomic E-state index is 0.432. The Morgan fingerprint density at radius 1 is 0.857 bits per heavy atom. The summed E-state index contributed by atoms with van der Waals surface area (Å²) in [4.78, 5) is 4.95. The van der Waals surface area contributed by atoms with E-state index in [0.29, 0.717) is 16.0 Å². The van der Waals surface area contributed by atoms with E-state index in [1.54, 1.807) is 0 Å². The number of rotatable bonds is 10. The molecule has 0 saturated carbocycles. The molecule has 186 valence electrons. The van der Waals surface area contributed by atoms with Crippen LogP contribution in [0, 0.1) is 5.92 Å². The van der Waals surface area contributed by atoms with Gasteiger partial charge in [0, 0.05) is 24.3 Å². The zero-order valence-corrected chi connectivity index (χ0v) is 22.7. The van der Waals surface area contributed by atoms with Gasteiger partial charge in [0.1, 0.15) is 0 Å². The Balaban J connectivity index is 1.33. The van der Waals surface area contributed by atoms with Crippen LogP contribution in [0.4, 0.5) is 5.69 Å². The maximum Gasteiger partial charge on any atom is 0.0595 e. The van der Waals surface area contributed by atoms with Crippen molar-refractivity contribution in [3.63, 3.8) is 0 Å². The van der Waals surface area contributed by atoms with Gasteiger partial charge in [0.15, 0.2) is 0 Å². The van der Waals surface area contributed by atoms with Crippen molar-refractivity contribution in [1.82, 2.24) is 4.90 Å². The van der Waals surface area contributed by atoms with E-state index in [9.17, 15) is 0 Å². The van der Waals surface area contributed by atoms with Gasteiger partial charge in [-0.3, -0.25) is 0 Å². The summed E-state index contributed by atoms with van der Waals surface area (Å²) in [6, 6.07) is 25.1. The van der Waals surface area contributed by atoms with Crippen molar-refractivity contribution in [2.75, 3.05) is 38.1 Å². The summed E-state index contributed by atoms with van der Waals surface area (Å²) >= 11 is 18.7. The standard InChI is InChI=1S/C30H35Cl3N2/c1-34(28-10-8-27(31)9-11-28)17-15-25(26-7-12-29(32)30(33)22-26)16-20-35-18-13-24(14-19-35)21-23-5-3-2-4-6-23/h2-12,22,24-25H,13-21H2,1H3. The van der Waals surface area contributed by atoms with Gasteiger partial charge in [0.05, 0.1) is 10.0 Å². The van der Waals surface area contributed by atoms with Crippen molar-refractivity contribution in [2.45, 2.75) is 38.0 Å². The van der Waals surface area contributed by atoms with Crippen LogP contribution in [-0.4, -0.2) is 38.1 Å². The van der Waals surface area contributed by atoms with Crippen LogP contribution in [0.3, 0.4) is 0 Å². The lowest BCUT2D eigenvalue weighted by Crippen LogP contribution is -2.35. The van der Waals surface area contributed by atoms with Crippen LogP contribution in [0.15, 0.2) is 72.8 Å². The van der Waals surface area contributed by atoms with Crippen LogP contribution >= 0.6 is 34.8 Å². The number of hydrogen-bond donors (Lipinski definition) is 0. The molecule has 4 rings (SSSR count). The van der Waals surface area contributed by atoms with E-state index >= 15 is 0 Å². The third-order valence-electron chi connectivity index (χ3n) is 7.36. The summed E-state index contributed by atoms with van der Waals surface area (Å²) in [6.07, 6.45) is 5.95. The van der Waals surface area contributed by atoms with Crippen molar-refractivity contribution < 1.29 is 0 Å². The van der Waals surface area contributed by atoms with E-state index in [2.05, 4.69) is 71.4 Å². The monoisotopic (exact) mass is 528 g/mol. The normalized spacial score (nSPS) is 15.8. The van der Waals surface area contributed by atoms with Crippen LogP contribution in [0.25, 0.3) is 0 Å². The molecule has 1 unspecified atom stereocenters. The first kappa shape index (κ1) is 26.4. The molecule has 2 nitrogen and oxygen atoms in total. The summed E-state index contributed by atoms with van der Waals surface area (Å²) in [7, 11) is 2.15. The lowest BCUT2D eigenvalue weighted by atomic mass is 9.89. The highest BCUT2D eigenvalue weighted by molar-refractivity contribution is 6.42. The molecule has 0 aliphatic carbocycles. The number of hydrogen-bond acceptors (Lipinski definition) is 2. The van der Waals surface area contributed by atoms with Crippen molar-refractivity contribution >= 4 is 40.5 Å². The van der Waals surface area contributed by atoms with E-state index in [1.807, 2.05) is 18.2 Å². The third-order valence-corrected chi connectivity index (χ3v) is 8.35. The Hall–Kier alpha value is -1.71. The average molecular weight is 530 g/mol. The fourth-order valence-electron chi connectivity index (χ4n) is 5.12. The molecule has 1 fully saturated rings. The van der Waals surface area contributed by atoms with Gasteiger partial charge in [0.25, 0.3) is 0 Å². The van der Waals surface area contributed by atoms with Gasteiger partial charge in [-0.15, -0.1) is 0 Å². The van der Waals surface area contributed by atoms with E-state index < -0.39 is 0 Å². The fourth-order valence-corrected chi connectivity index (χ4v) is 5.55. The summed E-state index contributed by atoms with van der Waals surface area (Å²) in [5, 5.41) is 2.03. The van der Waals surface area contributed by atoms with Gasteiger partial charge in [-0.25, -0.2) is 0 Å². The zero-order chi connectivity index (χ0) is 24.6. The average Bonchev–Trinajstić information content (AvgIpc) is 2.87. The molecule has 35 heavy (non-hydrogen) atoms. The van der Waals surface area contributed by atoms with Gasteiger partial charge < -0.3 is 9.80 Å². The van der Waals surface area contributed by atoms with E-state index in [4.69, 9.17) is 34.8 Å². The molecule has 0 N–H and O–H groups in total. The Bertz CT molecular complexity index is 1050. The highest BCUT2D eigenvalue weighted by Gasteiger charge is 2.21. The van der Waals surface area contributed by atoms with Crippen molar-refractivity contribution in [3.05, 3.63) is 99.0 Å². The number of likely N-dealkylation sites (tertiary alicyclic amines) is 1. The van der Waals surface area contributed by atoms with E-state index in [-0.39, 0.29) is 0 Å². The Morgan fingerprint density at radius 2 is 1.57 bits per heavy atom. The number of piperidine rings is 1. The third kappa shape index (κ3) is 7.89. The van der Waals surface area contributed by atoms with Gasteiger partial charge >= 0.3 is 0 Å². The molecule has 0 aromatic heterocycles. The largest absolute Gasteiger partial charge is 0.375 e. The van der Waals surface area contributed by atoms with Crippen molar-refractivity contribution in [3.8, 4) is 0 Å². The molecule has 1 atom stereocenters. The van der Waals surface area contributed by atoms with E-state index in [0.717, 1.165) is 36.9 Å².